The normalized spacial score (nSPS) is 30.0. The molecule has 1 aromatic rings. The molecular formula is C37H49FN4O9S. The van der Waals surface area contributed by atoms with E-state index in [1.54, 1.807) is 12.1 Å². The molecule has 1 aromatic carbocycles. The first-order valence-corrected chi connectivity index (χ1v) is 19.8. The molecule has 2 heterocycles. The zero-order valence-corrected chi connectivity index (χ0v) is 30.8. The lowest BCUT2D eigenvalue weighted by atomic mass is 9.86. The van der Waals surface area contributed by atoms with Gasteiger partial charge in [0.2, 0.25) is 15.9 Å². The summed E-state index contributed by atoms with van der Waals surface area (Å²) < 4.78 is 53.4. The van der Waals surface area contributed by atoms with Gasteiger partial charge in [0.25, 0.3) is 5.91 Å². The molecule has 3 saturated carbocycles. The van der Waals surface area contributed by atoms with Gasteiger partial charge in [-0.25, -0.2) is 22.4 Å². The second-order valence-corrected chi connectivity index (χ2v) is 18.1. The number of sulfonamides is 1. The quantitative estimate of drug-likeness (QED) is 0.357. The Balaban J connectivity index is 1.24. The molecule has 2 aliphatic heterocycles. The third-order valence-corrected chi connectivity index (χ3v) is 12.5. The van der Waals surface area contributed by atoms with Crippen LogP contribution in [0.5, 0.6) is 0 Å². The standard InChI is InChI=1S/C37H49FN4O9S/c1-36(2,3)21-50-34(46)39-30-13-8-6-4-5-7-11-23-18-37(23,33(45)41-52(48,49)25-14-15-25)40-32(44)27-17-24(16-26(27)31(30)43)51-35(47)42-19-22-10-9-12-29(38)28(22)20-42/h7,9-12,23-27,30H,4-6,8,13-21H2,1-3H3,(H,39,46)(H,40,44)(H,41,45)/b11-7-/t23-,24+,26?,27-,30+,37-/m1/s1. The van der Waals surface area contributed by atoms with E-state index in [1.807, 2.05) is 32.9 Å². The van der Waals surface area contributed by atoms with E-state index in [0.29, 0.717) is 43.2 Å². The molecule has 0 saturated heterocycles. The van der Waals surface area contributed by atoms with Crippen LogP contribution < -0.4 is 15.4 Å². The Labute approximate surface area is 303 Å². The number of fused-ring (bicyclic) bond motifs is 3. The number of ether oxygens (including phenoxy) is 2. The van der Waals surface area contributed by atoms with E-state index in [0.717, 1.165) is 12.8 Å². The molecular weight excluding hydrogens is 695 g/mol. The van der Waals surface area contributed by atoms with Crippen LogP contribution in [0.25, 0.3) is 0 Å². The van der Waals surface area contributed by atoms with Crippen LogP contribution in [0.2, 0.25) is 0 Å². The number of carbonyl (C=O) groups is 5. The lowest BCUT2D eigenvalue weighted by Gasteiger charge is -2.26. The lowest BCUT2D eigenvalue weighted by molar-refractivity contribution is -0.136. The Hall–Kier alpha value is -4.01. The van der Waals surface area contributed by atoms with E-state index in [4.69, 9.17) is 9.47 Å². The highest BCUT2D eigenvalue weighted by Gasteiger charge is 2.62. The van der Waals surface area contributed by atoms with Crippen LogP contribution in [-0.4, -0.2) is 72.6 Å². The zero-order valence-electron chi connectivity index (χ0n) is 30.0. The molecule has 0 aromatic heterocycles. The second kappa shape index (κ2) is 14.8. The Bertz CT molecular complexity index is 1740. The van der Waals surface area contributed by atoms with Crippen molar-refractivity contribution in [2.24, 2.45) is 23.2 Å². The topological polar surface area (TPSA) is 177 Å². The van der Waals surface area contributed by atoms with Gasteiger partial charge in [0.1, 0.15) is 17.5 Å². The molecule has 15 heteroatoms. The van der Waals surface area contributed by atoms with Crippen LogP contribution in [0.4, 0.5) is 14.0 Å². The number of benzene rings is 1. The summed E-state index contributed by atoms with van der Waals surface area (Å²) in [5.41, 5.74) is -0.782. The van der Waals surface area contributed by atoms with Gasteiger partial charge in [-0.3, -0.25) is 24.0 Å². The summed E-state index contributed by atoms with van der Waals surface area (Å²) in [4.78, 5) is 69.9. The summed E-state index contributed by atoms with van der Waals surface area (Å²) in [5, 5.41) is 4.90. The fourth-order valence-electron chi connectivity index (χ4n) is 7.45. The number of rotatable bonds is 6. The van der Waals surface area contributed by atoms with E-state index in [-0.39, 0.29) is 44.4 Å². The smallest absolute Gasteiger partial charge is 0.410 e. The second-order valence-electron chi connectivity index (χ2n) is 16.2. The maximum Gasteiger partial charge on any atom is 0.410 e. The van der Waals surface area contributed by atoms with Gasteiger partial charge >= 0.3 is 12.2 Å². The van der Waals surface area contributed by atoms with Crippen molar-refractivity contribution in [3.05, 3.63) is 47.3 Å². The van der Waals surface area contributed by atoms with Crippen LogP contribution in [0.15, 0.2) is 30.4 Å². The number of nitrogens with one attached hydrogen (secondary N) is 3. The van der Waals surface area contributed by atoms with Crippen LogP contribution in [0.3, 0.4) is 0 Å². The molecule has 1 unspecified atom stereocenters. The van der Waals surface area contributed by atoms with Crippen LogP contribution >= 0.6 is 0 Å². The summed E-state index contributed by atoms with van der Waals surface area (Å²) in [6.07, 6.45) is 5.50. The van der Waals surface area contributed by atoms with Crippen molar-refractivity contribution in [3.63, 3.8) is 0 Å². The predicted octanol–water partition coefficient (Wildman–Crippen LogP) is 4.39. The minimum Gasteiger partial charge on any atom is -0.449 e. The summed E-state index contributed by atoms with van der Waals surface area (Å²) in [6.45, 7) is 5.99. The highest BCUT2D eigenvalue weighted by atomic mass is 32.2. The molecule has 6 rings (SSSR count). The van der Waals surface area contributed by atoms with Gasteiger partial charge in [-0.2, -0.15) is 0 Å². The molecule has 5 aliphatic rings. The third-order valence-electron chi connectivity index (χ3n) is 10.6. The van der Waals surface area contributed by atoms with Crippen molar-refractivity contribution in [2.45, 2.75) is 121 Å². The van der Waals surface area contributed by atoms with Crippen LogP contribution in [0, 0.1) is 29.0 Å². The summed E-state index contributed by atoms with van der Waals surface area (Å²) in [5.74, 6) is -4.84. The highest BCUT2D eigenvalue weighted by molar-refractivity contribution is 7.91. The van der Waals surface area contributed by atoms with Gasteiger partial charge in [0.05, 0.1) is 30.4 Å². The van der Waals surface area contributed by atoms with Crippen molar-refractivity contribution in [1.82, 2.24) is 20.3 Å². The molecule has 13 nitrogen and oxygen atoms in total. The molecule has 0 bridgehead atoms. The van der Waals surface area contributed by atoms with E-state index in [2.05, 4.69) is 15.4 Å². The number of carbonyl (C=O) groups excluding carboxylic acids is 5. The van der Waals surface area contributed by atoms with Crippen molar-refractivity contribution in [3.8, 4) is 0 Å². The minimum atomic E-state index is -3.91. The SMILES string of the molecule is CC(C)(C)COC(=O)N[C@H]1CCCCC/C=C\[C@@H]2C[C@@]2(C(=O)NS(=O)(=O)C2CC2)NC(=O)[C@@H]2C[C@@H](OC(=O)N3Cc4cccc(F)c4C3)CC2C1=O. The first-order valence-electron chi connectivity index (χ1n) is 18.3. The fourth-order valence-corrected chi connectivity index (χ4v) is 8.82. The molecule has 3 aliphatic carbocycles. The first-order chi connectivity index (χ1) is 24.6. The molecule has 3 N–H and O–H groups in total. The molecule has 3 fully saturated rings. The summed E-state index contributed by atoms with van der Waals surface area (Å²) >= 11 is 0. The highest BCUT2D eigenvalue weighted by Crippen LogP contribution is 2.47. The maximum atomic E-state index is 14.4. The molecule has 0 radical (unpaired) electrons. The Morgan fingerprint density at radius 3 is 2.50 bits per heavy atom. The average molecular weight is 745 g/mol. The van der Waals surface area contributed by atoms with Gasteiger partial charge in [0, 0.05) is 23.9 Å². The predicted molar refractivity (Wildman–Crippen MR) is 186 cm³/mol. The zero-order chi connectivity index (χ0) is 37.4. The van der Waals surface area contributed by atoms with Gasteiger partial charge in [-0.1, -0.05) is 57.9 Å². The number of hydrogen-bond donors (Lipinski definition) is 3. The summed E-state index contributed by atoms with van der Waals surface area (Å²) in [6, 6.07) is 3.64. The van der Waals surface area contributed by atoms with Gasteiger partial charge < -0.3 is 20.1 Å². The number of nitrogens with zero attached hydrogens (tertiary/aromatic N) is 1. The van der Waals surface area contributed by atoms with Crippen molar-refractivity contribution in [1.29, 1.82) is 0 Å². The minimum absolute atomic E-state index is 0.0127. The molecule has 52 heavy (non-hydrogen) atoms. The fraction of sp³-hybridized carbons (Fsp3) is 0.649. The first kappa shape index (κ1) is 37.7. The van der Waals surface area contributed by atoms with Gasteiger partial charge in [0.15, 0.2) is 5.78 Å². The maximum absolute atomic E-state index is 14.4. The Kier molecular flexibility index (Phi) is 10.7. The Morgan fingerprint density at radius 1 is 1.04 bits per heavy atom. The largest absolute Gasteiger partial charge is 0.449 e. The number of hydrogen-bond acceptors (Lipinski definition) is 9. The third kappa shape index (κ3) is 8.61. The number of amides is 4. The summed E-state index contributed by atoms with van der Waals surface area (Å²) in [7, 11) is -3.91. The molecule has 4 amide bonds. The van der Waals surface area contributed by atoms with Crippen molar-refractivity contribution in [2.75, 3.05) is 6.61 Å². The number of Topliss-reactive ketones (excluding diaryl/α,β-unsaturated/α-hetero) is 1. The van der Waals surface area contributed by atoms with E-state index in [1.165, 1.54) is 11.0 Å². The molecule has 284 valence electrons. The number of ketones is 1. The number of halogens is 1. The van der Waals surface area contributed by atoms with Crippen LogP contribution in [0.1, 0.15) is 96.1 Å². The molecule has 6 atom stereocenters. The van der Waals surface area contributed by atoms with E-state index in [9.17, 15) is 36.8 Å². The lowest BCUT2D eigenvalue weighted by Crippen LogP contribution is -2.54. The molecule has 0 spiro atoms. The monoisotopic (exact) mass is 744 g/mol. The van der Waals surface area contributed by atoms with E-state index < -0.39 is 86.3 Å². The average Bonchev–Trinajstić information content (AvgIpc) is 3.96. The Morgan fingerprint density at radius 2 is 1.79 bits per heavy atom. The van der Waals surface area contributed by atoms with E-state index >= 15 is 0 Å². The van der Waals surface area contributed by atoms with Gasteiger partial charge in [-0.05, 0) is 68.4 Å². The van der Waals surface area contributed by atoms with Gasteiger partial charge in [-0.15, -0.1) is 0 Å². The van der Waals surface area contributed by atoms with Crippen molar-refractivity contribution < 1.29 is 46.3 Å². The number of alkyl carbamates (subject to hydrolysis) is 1. The van der Waals surface area contributed by atoms with Crippen molar-refractivity contribution >= 4 is 39.8 Å². The number of allylic oxidation sites excluding steroid dienone is 1. The van der Waals surface area contributed by atoms with Crippen LogP contribution in [-0.2, 0) is 47.0 Å².